The maximum Gasteiger partial charge on any atom is 0.241 e. The molecule has 0 aromatic carbocycles. The Kier molecular flexibility index (Phi) is 4.50. The summed E-state index contributed by atoms with van der Waals surface area (Å²) in [6.45, 7) is 4.71. The van der Waals surface area contributed by atoms with Crippen LogP contribution >= 0.6 is 0 Å². The first-order valence-electron chi connectivity index (χ1n) is 7.23. The number of hydrogen-bond donors (Lipinski definition) is 1. The average molecular weight is 288 g/mol. The molecule has 19 heavy (non-hydrogen) atoms. The van der Waals surface area contributed by atoms with Gasteiger partial charge in [-0.15, -0.1) is 0 Å². The van der Waals surface area contributed by atoms with Crippen LogP contribution in [0.2, 0.25) is 0 Å². The summed E-state index contributed by atoms with van der Waals surface area (Å²) in [5.74, 6) is 0.789. The number of carbonyl (C=O) groups excluding carboxylic acids is 1. The van der Waals surface area contributed by atoms with Crippen molar-refractivity contribution in [3.8, 4) is 0 Å². The topological polar surface area (TPSA) is 66.5 Å². The number of nitrogens with zero attached hydrogens (tertiary/aromatic N) is 1. The highest BCUT2D eigenvalue weighted by atomic mass is 32.2. The minimum Gasteiger partial charge on any atom is -0.325 e. The highest BCUT2D eigenvalue weighted by Gasteiger charge is 2.39. The van der Waals surface area contributed by atoms with E-state index < -0.39 is 9.84 Å². The summed E-state index contributed by atoms with van der Waals surface area (Å²) in [5, 5.41) is 3.36. The monoisotopic (exact) mass is 288 g/mol. The second-order valence-electron chi connectivity index (χ2n) is 5.69. The molecule has 3 unspecified atom stereocenters. The van der Waals surface area contributed by atoms with Crippen molar-refractivity contribution < 1.29 is 13.2 Å². The fraction of sp³-hybridized carbons (Fsp3) is 0.923. The van der Waals surface area contributed by atoms with Crippen LogP contribution in [0.15, 0.2) is 0 Å². The molecule has 5 nitrogen and oxygen atoms in total. The Labute approximate surface area is 115 Å². The summed E-state index contributed by atoms with van der Waals surface area (Å²) in [5.41, 5.74) is 0. The molecule has 0 aromatic rings. The van der Waals surface area contributed by atoms with Crippen molar-refractivity contribution in [2.75, 3.05) is 18.1 Å². The zero-order chi connectivity index (χ0) is 14.0. The lowest BCUT2D eigenvalue weighted by Gasteiger charge is -2.25. The van der Waals surface area contributed by atoms with Gasteiger partial charge in [-0.2, -0.15) is 0 Å². The zero-order valence-electron chi connectivity index (χ0n) is 11.8. The van der Waals surface area contributed by atoms with Crippen LogP contribution in [0.5, 0.6) is 0 Å². The molecule has 0 radical (unpaired) electrons. The van der Waals surface area contributed by atoms with E-state index in [0.717, 1.165) is 19.3 Å². The minimum absolute atomic E-state index is 0.0760. The van der Waals surface area contributed by atoms with Gasteiger partial charge in [0.15, 0.2) is 9.84 Å². The van der Waals surface area contributed by atoms with E-state index in [-0.39, 0.29) is 35.5 Å². The number of rotatable bonds is 5. The van der Waals surface area contributed by atoms with Crippen LogP contribution in [0.3, 0.4) is 0 Å². The molecular weight excluding hydrogens is 264 g/mol. The number of sulfone groups is 1. The van der Waals surface area contributed by atoms with Crippen LogP contribution in [-0.2, 0) is 14.6 Å². The lowest BCUT2D eigenvalue weighted by atomic mass is 10.1. The van der Waals surface area contributed by atoms with Gasteiger partial charge in [-0.1, -0.05) is 20.3 Å². The van der Waals surface area contributed by atoms with Crippen LogP contribution in [0.1, 0.15) is 39.5 Å². The van der Waals surface area contributed by atoms with Crippen LogP contribution in [0.25, 0.3) is 0 Å². The van der Waals surface area contributed by atoms with Crippen molar-refractivity contribution in [2.24, 2.45) is 5.92 Å². The first kappa shape index (κ1) is 14.8. The standard InChI is InChI=1S/C13H24N2O3S/c1-3-5-11-13(16)15(12(4-2)14-11)8-10-6-7-19(17,18)9-10/h10-12,14H,3-9H2,1-2H3. The van der Waals surface area contributed by atoms with E-state index >= 15 is 0 Å². The first-order valence-corrected chi connectivity index (χ1v) is 9.06. The van der Waals surface area contributed by atoms with Gasteiger partial charge < -0.3 is 4.90 Å². The van der Waals surface area contributed by atoms with E-state index in [1.165, 1.54) is 0 Å². The average Bonchev–Trinajstić information content (AvgIpc) is 2.84. The molecule has 0 aliphatic carbocycles. The van der Waals surface area contributed by atoms with E-state index in [0.29, 0.717) is 13.0 Å². The molecule has 0 aromatic heterocycles. The number of hydrogen-bond acceptors (Lipinski definition) is 4. The predicted molar refractivity (Wildman–Crippen MR) is 74.4 cm³/mol. The van der Waals surface area contributed by atoms with Crippen molar-refractivity contribution >= 4 is 15.7 Å². The lowest BCUT2D eigenvalue weighted by Crippen LogP contribution is -2.40. The predicted octanol–water partition coefficient (Wildman–Crippen LogP) is 0.758. The van der Waals surface area contributed by atoms with Gasteiger partial charge in [-0.3, -0.25) is 10.1 Å². The number of amides is 1. The Morgan fingerprint density at radius 3 is 2.63 bits per heavy atom. The Morgan fingerprint density at radius 1 is 1.37 bits per heavy atom. The van der Waals surface area contributed by atoms with Gasteiger partial charge in [0.2, 0.25) is 5.91 Å². The SMILES string of the molecule is CCCC1NC(CC)N(CC2CCS(=O)(=O)C2)C1=O. The van der Waals surface area contributed by atoms with Crippen LogP contribution in [-0.4, -0.2) is 49.5 Å². The Hall–Kier alpha value is -0.620. The maximum atomic E-state index is 12.3. The van der Waals surface area contributed by atoms with Gasteiger partial charge in [0, 0.05) is 6.54 Å². The highest BCUT2D eigenvalue weighted by molar-refractivity contribution is 7.91. The van der Waals surface area contributed by atoms with E-state index in [4.69, 9.17) is 0 Å². The molecule has 110 valence electrons. The molecule has 0 saturated carbocycles. The fourth-order valence-corrected chi connectivity index (χ4v) is 4.94. The van der Waals surface area contributed by atoms with Gasteiger partial charge in [0.1, 0.15) is 0 Å². The number of nitrogens with one attached hydrogen (secondary N) is 1. The van der Waals surface area contributed by atoms with Crippen molar-refractivity contribution in [2.45, 2.75) is 51.7 Å². The molecule has 0 spiro atoms. The van der Waals surface area contributed by atoms with Gasteiger partial charge >= 0.3 is 0 Å². The molecule has 6 heteroatoms. The van der Waals surface area contributed by atoms with Crippen molar-refractivity contribution in [3.05, 3.63) is 0 Å². The quantitative estimate of drug-likeness (QED) is 0.811. The van der Waals surface area contributed by atoms with E-state index in [9.17, 15) is 13.2 Å². The van der Waals surface area contributed by atoms with Gasteiger partial charge in [-0.05, 0) is 25.2 Å². The summed E-state index contributed by atoms with van der Waals surface area (Å²) >= 11 is 0. The van der Waals surface area contributed by atoms with E-state index in [2.05, 4.69) is 19.2 Å². The molecule has 2 aliphatic rings. The smallest absolute Gasteiger partial charge is 0.241 e. The summed E-state index contributed by atoms with van der Waals surface area (Å²) in [6, 6.07) is -0.0760. The van der Waals surface area contributed by atoms with Crippen molar-refractivity contribution in [1.29, 1.82) is 0 Å². The summed E-state index contributed by atoms with van der Waals surface area (Å²) < 4.78 is 23.0. The third kappa shape index (κ3) is 3.28. The third-order valence-electron chi connectivity index (χ3n) is 4.10. The molecule has 2 fully saturated rings. The fourth-order valence-electron chi connectivity index (χ4n) is 3.09. The minimum atomic E-state index is -2.86. The summed E-state index contributed by atoms with van der Waals surface area (Å²) in [4.78, 5) is 14.2. The van der Waals surface area contributed by atoms with E-state index in [1.54, 1.807) is 0 Å². The Balaban J connectivity index is 2.00. The maximum absolute atomic E-state index is 12.3. The second kappa shape index (κ2) is 5.79. The number of carbonyl (C=O) groups is 1. The molecule has 2 heterocycles. The van der Waals surface area contributed by atoms with Crippen LogP contribution in [0.4, 0.5) is 0 Å². The lowest BCUT2D eigenvalue weighted by molar-refractivity contribution is -0.130. The Morgan fingerprint density at radius 2 is 2.11 bits per heavy atom. The first-order chi connectivity index (χ1) is 8.96. The van der Waals surface area contributed by atoms with Crippen molar-refractivity contribution in [1.82, 2.24) is 10.2 Å². The van der Waals surface area contributed by atoms with Gasteiger partial charge in [0.25, 0.3) is 0 Å². The normalized spacial score (nSPS) is 34.1. The van der Waals surface area contributed by atoms with Crippen molar-refractivity contribution in [3.63, 3.8) is 0 Å². The molecule has 0 bridgehead atoms. The summed E-state index contributed by atoms with van der Waals surface area (Å²) in [6.07, 6.45) is 3.47. The molecule has 1 N–H and O–H groups in total. The molecule has 2 aliphatic heterocycles. The molecule has 2 rings (SSSR count). The summed E-state index contributed by atoms with van der Waals surface area (Å²) in [7, 11) is -2.86. The Bertz CT molecular complexity index is 435. The molecular formula is C13H24N2O3S. The van der Waals surface area contributed by atoms with Gasteiger partial charge in [0.05, 0.1) is 23.7 Å². The highest BCUT2D eigenvalue weighted by Crippen LogP contribution is 2.24. The van der Waals surface area contributed by atoms with Crippen LogP contribution < -0.4 is 5.32 Å². The molecule has 2 saturated heterocycles. The van der Waals surface area contributed by atoms with Crippen LogP contribution in [0, 0.1) is 5.92 Å². The molecule has 1 amide bonds. The third-order valence-corrected chi connectivity index (χ3v) is 5.93. The second-order valence-corrected chi connectivity index (χ2v) is 7.92. The largest absolute Gasteiger partial charge is 0.325 e. The van der Waals surface area contributed by atoms with E-state index in [1.807, 2.05) is 4.90 Å². The van der Waals surface area contributed by atoms with Gasteiger partial charge in [-0.25, -0.2) is 8.42 Å². The molecule has 3 atom stereocenters. The zero-order valence-corrected chi connectivity index (χ0v) is 12.6.